The molecule has 1 aliphatic heterocycles. The van der Waals surface area contributed by atoms with Gasteiger partial charge in [0.15, 0.2) is 4.80 Å². The van der Waals surface area contributed by atoms with Crippen molar-refractivity contribution in [2.75, 3.05) is 6.61 Å². The monoisotopic (exact) mass is 428 g/mol. The van der Waals surface area contributed by atoms with Gasteiger partial charge in [-0.1, -0.05) is 29.5 Å². The van der Waals surface area contributed by atoms with E-state index in [1.807, 2.05) is 17.5 Å². The lowest BCUT2D eigenvalue weighted by Crippen LogP contribution is -2.39. The fourth-order valence-electron chi connectivity index (χ4n) is 3.22. The maximum Gasteiger partial charge on any atom is 0.338 e. The molecule has 0 saturated carbocycles. The fraction of sp³-hybridized carbons (Fsp3) is 0.190. The molecule has 8 heteroatoms. The van der Waals surface area contributed by atoms with Crippen LogP contribution in [0.2, 0.25) is 0 Å². The predicted molar refractivity (Wildman–Crippen MR) is 111 cm³/mol. The third-order valence-electron chi connectivity index (χ3n) is 4.50. The average molecular weight is 429 g/mol. The number of esters is 1. The van der Waals surface area contributed by atoms with Gasteiger partial charge in [-0.15, -0.1) is 11.3 Å². The molecule has 4 rings (SSSR count). The summed E-state index contributed by atoms with van der Waals surface area (Å²) in [6.07, 6.45) is 1.71. The second-order valence-corrected chi connectivity index (χ2v) is 8.36. The molecule has 0 saturated heterocycles. The van der Waals surface area contributed by atoms with Gasteiger partial charge < -0.3 is 4.74 Å². The molecule has 0 fully saturated rings. The summed E-state index contributed by atoms with van der Waals surface area (Å²) in [4.78, 5) is 31.8. The summed E-state index contributed by atoms with van der Waals surface area (Å²) in [6, 6.07) is 9.11. The lowest BCUT2D eigenvalue weighted by molar-refractivity contribution is -0.139. The van der Waals surface area contributed by atoms with Crippen molar-refractivity contribution in [2.24, 2.45) is 4.99 Å². The quantitative estimate of drug-likeness (QED) is 0.601. The van der Waals surface area contributed by atoms with Gasteiger partial charge in [0.05, 0.1) is 22.4 Å². The van der Waals surface area contributed by atoms with E-state index in [0.717, 1.165) is 4.88 Å². The van der Waals surface area contributed by atoms with Gasteiger partial charge in [0.25, 0.3) is 5.56 Å². The molecule has 1 aliphatic rings. The van der Waals surface area contributed by atoms with Crippen molar-refractivity contribution in [1.82, 2.24) is 4.57 Å². The summed E-state index contributed by atoms with van der Waals surface area (Å²) >= 11 is 2.71. The second kappa shape index (κ2) is 7.88. The summed E-state index contributed by atoms with van der Waals surface area (Å²) in [7, 11) is 0. The highest BCUT2D eigenvalue weighted by atomic mass is 32.1. The van der Waals surface area contributed by atoms with Crippen molar-refractivity contribution in [3.05, 3.63) is 89.0 Å². The summed E-state index contributed by atoms with van der Waals surface area (Å²) in [6.45, 7) is 3.73. The van der Waals surface area contributed by atoms with Gasteiger partial charge in [0, 0.05) is 4.88 Å². The first kappa shape index (κ1) is 19.5. The van der Waals surface area contributed by atoms with Crippen molar-refractivity contribution < 1.29 is 13.9 Å². The smallest absolute Gasteiger partial charge is 0.338 e. The largest absolute Gasteiger partial charge is 0.463 e. The Bertz CT molecular complexity index is 1270. The molecule has 0 bridgehead atoms. The van der Waals surface area contributed by atoms with Crippen LogP contribution in [0, 0.1) is 5.82 Å². The van der Waals surface area contributed by atoms with Crippen molar-refractivity contribution in [2.45, 2.75) is 19.9 Å². The molecule has 148 valence electrons. The van der Waals surface area contributed by atoms with E-state index in [1.54, 1.807) is 36.6 Å². The molecule has 0 N–H and O–H groups in total. The normalized spacial score (nSPS) is 16.5. The van der Waals surface area contributed by atoms with Crippen molar-refractivity contribution in [1.29, 1.82) is 0 Å². The number of hydrogen-bond donors (Lipinski definition) is 0. The minimum atomic E-state index is -0.583. The van der Waals surface area contributed by atoms with E-state index in [9.17, 15) is 14.0 Å². The molecular formula is C21H17FN2O3S2. The minimum Gasteiger partial charge on any atom is -0.463 e. The number of carbonyl (C=O) groups is 1. The van der Waals surface area contributed by atoms with E-state index in [4.69, 9.17) is 4.74 Å². The van der Waals surface area contributed by atoms with Gasteiger partial charge in [0.2, 0.25) is 0 Å². The highest BCUT2D eigenvalue weighted by Gasteiger charge is 2.33. The van der Waals surface area contributed by atoms with Crippen LogP contribution in [0.1, 0.15) is 30.3 Å². The van der Waals surface area contributed by atoms with Gasteiger partial charge >= 0.3 is 5.97 Å². The zero-order valence-corrected chi connectivity index (χ0v) is 17.3. The molecule has 29 heavy (non-hydrogen) atoms. The number of carbonyl (C=O) groups excluding carboxylic acids is 1. The molecule has 0 amide bonds. The fourth-order valence-corrected chi connectivity index (χ4v) is 5.09. The number of halogens is 1. The van der Waals surface area contributed by atoms with E-state index >= 15 is 0 Å². The number of nitrogens with zero attached hydrogens (tertiary/aromatic N) is 2. The number of ether oxygens (including phenoxy) is 1. The highest BCUT2D eigenvalue weighted by Crippen LogP contribution is 2.33. The van der Waals surface area contributed by atoms with Gasteiger partial charge in [0.1, 0.15) is 11.9 Å². The predicted octanol–water partition coefficient (Wildman–Crippen LogP) is 3.00. The molecule has 0 aliphatic carbocycles. The van der Waals surface area contributed by atoms with Crippen LogP contribution in [0.3, 0.4) is 0 Å². The third kappa shape index (κ3) is 3.61. The van der Waals surface area contributed by atoms with Crippen LogP contribution in [0.25, 0.3) is 6.08 Å². The molecule has 0 unspecified atom stereocenters. The maximum absolute atomic E-state index is 13.3. The van der Waals surface area contributed by atoms with Crippen LogP contribution < -0.4 is 14.9 Å². The van der Waals surface area contributed by atoms with Gasteiger partial charge in [-0.3, -0.25) is 9.36 Å². The summed E-state index contributed by atoms with van der Waals surface area (Å²) in [5.41, 5.74) is 1.38. The van der Waals surface area contributed by atoms with Crippen LogP contribution in [0.15, 0.2) is 62.8 Å². The van der Waals surface area contributed by atoms with E-state index in [-0.39, 0.29) is 18.0 Å². The van der Waals surface area contributed by atoms with E-state index < -0.39 is 12.0 Å². The molecule has 2 aromatic heterocycles. The number of fused-ring (bicyclic) bond motifs is 1. The highest BCUT2D eigenvalue weighted by molar-refractivity contribution is 7.10. The first-order valence-corrected chi connectivity index (χ1v) is 10.7. The van der Waals surface area contributed by atoms with Crippen molar-refractivity contribution >= 4 is 34.7 Å². The Hall–Kier alpha value is -2.84. The zero-order chi connectivity index (χ0) is 20.5. The number of hydrogen-bond acceptors (Lipinski definition) is 6. The molecule has 0 spiro atoms. The number of benzene rings is 1. The zero-order valence-electron chi connectivity index (χ0n) is 15.7. The van der Waals surface area contributed by atoms with Crippen LogP contribution in [0.4, 0.5) is 4.39 Å². The lowest BCUT2D eigenvalue weighted by Gasteiger charge is -2.23. The molecular weight excluding hydrogens is 411 g/mol. The first-order chi connectivity index (χ1) is 14.0. The molecule has 5 nitrogen and oxygen atoms in total. The van der Waals surface area contributed by atoms with E-state index in [0.29, 0.717) is 26.2 Å². The SMILES string of the molecule is CCOC(=O)C1=C(C)N=c2s/c(=C/c3ccc(F)cc3)c(=O)n2[C@H]1c1cccs1. The Morgan fingerprint density at radius 3 is 2.72 bits per heavy atom. The van der Waals surface area contributed by atoms with E-state index in [1.165, 1.54) is 34.8 Å². The Labute approximate surface area is 173 Å². The number of thiophene rings is 1. The van der Waals surface area contributed by atoms with Crippen LogP contribution in [-0.2, 0) is 9.53 Å². The standard InChI is InChI=1S/C21H17FN2O3S2/c1-3-27-20(26)17-12(2)23-21-24(18(17)15-5-4-10-28-15)19(25)16(29-21)11-13-6-8-14(22)9-7-13/h4-11,18H,3H2,1-2H3/b16-11+/t18-/m0/s1. The first-order valence-electron chi connectivity index (χ1n) is 8.98. The summed E-state index contributed by atoms with van der Waals surface area (Å²) < 4.78 is 20.4. The molecule has 1 atom stereocenters. The van der Waals surface area contributed by atoms with Crippen LogP contribution >= 0.6 is 22.7 Å². The Kier molecular flexibility index (Phi) is 5.29. The lowest BCUT2D eigenvalue weighted by atomic mass is 10.0. The number of rotatable bonds is 4. The topological polar surface area (TPSA) is 60.7 Å². The van der Waals surface area contributed by atoms with Gasteiger partial charge in [-0.2, -0.15) is 0 Å². The van der Waals surface area contributed by atoms with Crippen molar-refractivity contribution in [3.63, 3.8) is 0 Å². The summed E-state index contributed by atoms with van der Waals surface area (Å²) in [5.74, 6) is -0.809. The Balaban J connectivity index is 1.93. The number of thiazole rings is 1. The van der Waals surface area contributed by atoms with Gasteiger partial charge in [-0.25, -0.2) is 14.2 Å². The third-order valence-corrected chi connectivity index (χ3v) is 6.41. The molecule has 0 radical (unpaired) electrons. The Morgan fingerprint density at radius 1 is 1.31 bits per heavy atom. The molecule has 1 aromatic carbocycles. The van der Waals surface area contributed by atoms with E-state index in [2.05, 4.69) is 4.99 Å². The van der Waals surface area contributed by atoms with Crippen LogP contribution in [-0.4, -0.2) is 17.1 Å². The summed E-state index contributed by atoms with van der Waals surface area (Å²) in [5, 5.41) is 1.90. The molecule has 3 heterocycles. The van der Waals surface area contributed by atoms with Crippen molar-refractivity contribution in [3.8, 4) is 0 Å². The minimum absolute atomic E-state index is 0.238. The average Bonchev–Trinajstić information content (AvgIpc) is 3.32. The number of allylic oxidation sites excluding steroid dienone is 1. The van der Waals surface area contributed by atoms with Gasteiger partial charge in [-0.05, 0) is 49.1 Å². The maximum atomic E-state index is 13.3. The second-order valence-electron chi connectivity index (χ2n) is 6.37. The van der Waals surface area contributed by atoms with Crippen LogP contribution in [0.5, 0.6) is 0 Å². The number of aromatic nitrogens is 1. The molecule has 3 aromatic rings. The Morgan fingerprint density at radius 2 is 2.07 bits per heavy atom.